The molecule has 0 heterocycles. The third kappa shape index (κ3) is 4.58. The van der Waals surface area contributed by atoms with E-state index in [-0.39, 0.29) is 0 Å². The highest BCUT2D eigenvalue weighted by Crippen LogP contribution is 2.25. The molecule has 0 aliphatic heterocycles. The SMILES string of the molecule is C[C@@H](OC(=O)[C@@H](C)Sc1ccc(Cl)cc1)C(N)=O. The summed E-state index contributed by atoms with van der Waals surface area (Å²) in [4.78, 5) is 23.3. The van der Waals surface area contributed by atoms with Crippen LogP contribution in [0.15, 0.2) is 29.2 Å². The third-order valence-corrected chi connectivity index (χ3v) is 3.49. The van der Waals surface area contributed by atoms with Gasteiger partial charge >= 0.3 is 5.97 Å². The van der Waals surface area contributed by atoms with Crippen molar-refractivity contribution in [1.29, 1.82) is 0 Å². The number of rotatable bonds is 5. The highest BCUT2D eigenvalue weighted by Gasteiger charge is 2.20. The standard InChI is InChI=1S/C12H14ClNO3S/c1-7(11(14)15)17-12(16)8(2)18-10-5-3-9(13)4-6-10/h3-8H,1-2H3,(H2,14,15)/t7-,8-/m1/s1. The van der Waals surface area contributed by atoms with Gasteiger partial charge in [-0.1, -0.05) is 11.6 Å². The van der Waals surface area contributed by atoms with Crippen LogP contribution in [-0.2, 0) is 14.3 Å². The Bertz CT molecular complexity index is 435. The second-order valence-electron chi connectivity index (χ2n) is 3.70. The molecule has 0 unspecified atom stereocenters. The molecule has 1 rings (SSSR count). The predicted molar refractivity (Wildman–Crippen MR) is 71.5 cm³/mol. The van der Waals surface area contributed by atoms with Gasteiger partial charge < -0.3 is 10.5 Å². The molecule has 18 heavy (non-hydrogen) atoms. The summed E-state index contributed by atoms with van der Waals surface area (Å²) in [5.41, 5.74) is 5.02. The molecular formula is C12H14ClNO3S. The van der Waals surface area contributed by atoms with E-state index < -0.39 is 23.2 Å². The number of nitrogens with two attached hydrogens (primary N) is 1. The number of esters is 1. The van der Waals surface area contributed by atoms with Crippen LogP contribution in [0.1, 0.15) is 13.8 Å². The minimum absolute atomic E-state index is 0.423. The summed E-state index contributed by atoms with van der Waals surface area (Å²) in [6.45, 7) is 3.15. The van der Waals surface area contributed by atoms with Crippen molar-refractivity contribution in [3.8, 4) is 0 Å². The zero-order chi connectivity index (χ0) is 13.7. The van der Waals surface area contributed by atoms with E-state index in [0.29, 0.717) is 5.02 Å². The van der Waals surface area contributed by atoms with E-state index >= 15 is 0 Å². The lowest BCUT2D eigenvalue weighted by molar-refractivity contribution is -0.152. The number of carbonyl (C=O) groups excluding carboxylic acids is 2. The Kier molecular flexibility index (Phi) is 5.50. The van der Waals surface area contributed by atoms with Gasteiger partial charge in [-0.3, -0.25) is 9.59 Å². The Morgan fingerprint density at radius 3 is 2.33 bits per heavy atom. The Labute approximate surface area is 115 Å². The van der Waals surface area contributed by atoms with Gasteiger partial charge in [0.2, 0.25) is 0 Å². The molecule has 0 fully saturated rings. The number of thioether (sulfide) groups is 1. The summed E-state index contributed by atoms with van der Waals surface area (Å²) < 4.78 is 4.91. The largest absolute Gasteiger partial charge is 0.452 e. The quantitative estimate of drug-likeness (QED) is 0.666. The molecule has 1 aromatic rings. The van der Waals surface area contributed by atoms with E-state index in [2.05, 4.69) is 0 Å². The fraction of sp³-hybridized carbons (Fsp3) is 0.333. The van der Waals surface area contributed by atoms with Gasteiger partial charge in [-0.15, -0.1) is 11.8 Å². The van der Waals surface area contributed by atoms with Crippen molar-refractivity contribution >= 4 is 35.2 Å². The molecule has 0 spiro atoms. The van der Waals surface area contributed by atoms with Gasteiger partial charge in [0, 0.05) is 9.92 Å². The van der Waals surface area contributed by atoms with E-state index in [9.17, 15) is 9.59 Å². The predicted octanol–water partition coefficient (Wildman–Crippen LogP) is 2.24. The first-order chi connectivity index (χ1) is 8.40. The first-order valence-corrected chi connectivity index (χ1v) is 6.58. The number of benzene rings is 1. The van der Waals surface area contributed by atoms with Crippen molar-refractivity contribution in [2.75, 3.05) is 0 Å². The molecule has 0 aliphatic rings. The minimum Gasteiger partial charge on any atom is -0.452 e. The molecule has 0 saturated carbocycles. The molecule has 0 aliphatic carbocycles. The Morgan fingerprint density at radius 2 is 1.83 bits per heavy atom. The smallest absolute Gasteiger partial charge is 0.319 e. The van der Waals surface area contributed by atoms with Crippen LogP contribution in [0.4, 0.5) is 0 Å². The van der Waals surface area contributed by atoms with Gasteiger partial charge in [-0.2, -0.15) is 0 Å². The number of primary amides is 1. The van der Waals surface area contributed by atoms with Crippen LogP contribution in [0.2, 0.25) is 5.02 Å². The Balaban J connectivity index is 2.54. The van der Waals surface area contributed by atoms with Gasteiger partial charge in [0.05, 0.1) is 0 Å². The number of hydrogen-bond donors (Lipinski definition) is 1. The highest BCUT2D eigenvalue weighted by atomic mass is 35.5. The first kappa shape index (κ1) is 14.9. The topological polar surface area (TPSA) is 69.4 Å². The van der Waals surface area contributed by atoms with Crippen LogP contribution in [0, 0.1) is 0 Å². The van der Waals surface area contributed by atoms with E-state index in [1.165, 1.54) is 18.7 Å². The van der Waals surface area contributed by atoms with Crippen molar-refractivity contribution in [3.63, 3.8) is 0 Å². The normalized spacial score (nSPS) is 13.7. The van der Waals surface area contributed by atoms with Crippen molar-refractivity contribution < 1.29 is 14.3 Å². The van der Waals surface area contributed by atoms with Crippen molar-refractivity contribution in [2.45, 2.75) is 30.1 Å². The summed E-state index contributed by atoms with van der Waals surface area (Å²) >= 11 is 7.09. The van der Waals surface area contributed by atoms with Crippen LogP contribution in [-0.4, -0.2) is 23.2 Å². The first-order valence-electron chi connectivity index (χ1n) is 5.32. The second kappa shape index (κ2) is 6.66. The summed E-state index contributed by atoms with van der Waals surface area (Å²) in [7, 11) is 0. The van der Waals surface area contributed by atoms with Gasteiger partial charge in [-0.05, 0) is 38.1 Å². The Hall–Kier alpha value is -1.20. The Morgan fingerprint density at radius 1 is 1.28 bits per heavy atom. The van der Waals surface area contributed by atoms with Crippen LogP contribution >= 0.6 is 23.4 Å². The van der Waals surface area contributed by atoms with Gasteiger partial charge in [-0.25, -0.2) is 0 Å². The lowest BCUT2D eigenvalue weighted by Gasteiger charge is -2.14. The van der Waals surface area contributed by atoms with Crippen molar-refractivity contribution in [3.05, 3.63) is 29.3 Å². The lowest BCUT2D eigenvalue weighted by atomic mass is 10.4. The molecule has 2 atom stereocenters. The van der Waals surface area contributed by atoms with Crippen LogP contribution < -0.4 is 5.73 Å². The van der Waals surface area contributed by atoms with E-state index in [1.807, 2.05) is 12.1 Å². The maximum absolute atomic E-state index is 11.7. The van der Waals surface area contributed by atoms with Crippen molar-refractivity contribution in [1.82, 2.24) is 0 Å². The monoisotopic (exact) mass is 287 g/mol. The van der Waals surface area contributed by atoms with Crippen LogP contribution in [0.3, 0.4) is 0 Å². The molecule has 6 heteroatoms. The highest BCUT2D eigenvalue weighted by molar-refractivity contribution is 8.00. The van der Waals surface area contributed by atoms with Crippen molar-refractivity contribution in [2.24, 2.45) is 5.73 Å². The maximum atomic E-state index is 11.7. The molecule has 98 valence electrons. The van der Waals surface area contributed by atoms with Gasteiger partial charge in [0.1, 0.15) is 5.25 Å². The van der Waals surface area contributed by atoms with Gasteiger partial charge in [0.25, 0.3) is 5.91 Å². The molecular weight excluding hydrogens is 274 g/mol. The minimum atomic E-state index is -0.911. The molecule has 4 nitrogen and oxygen atoms in total. The van der Waals surface area contributed by atoms with E-state index in [1.54, 1.807) is 19.1 Å². The summed E-state index contributed by atoms with van der Waals surface area (Å²) in [6, 6.07) is 7.12. The molecule has 0 aromatic heterocycles. The summed E-state index contributed by atoms with van der Waals surface area (Å²) in [5, 5.41) is 0.213. The average molecular weight is 288 g/mol. The van der Waals surface area contributed by atoms with E-state index in [4.69, 9.17) is 22.1 Å². The average Bonchev–Trinajstić information content (AvgIpc) is 2.31. The molecule has 1 aromatic carbocycles. The van der Waals surface area contributed by atoms with Crippen LogP contribution in [0.25, 0.3) is 0 Å². The lowest BCUT2D eigenvalue weighted by Crippen LogP contribution is -2.32. The number of ether oxygens (including phenoxy) is 1. The summed E-state index contributed by atoms with van der Waals surface area (Å²) in [6.07, 6.45) is -0.911. The van der Waals surface area contributed by atoms with E-state index in [0.717, 1.165) is 4.90 Å². The van der Waals surface area contributed by atoms with Crippen LogP contribution in [0.5, 0.6) is 0 Å². The number of carbonyl (C=O) groups is 2. The fourth-order valence-electron chi connectivity index (χ4n) is 1.09. The maximum Gasteiger partial charge on any atom is 0.319 e. The number of amides is 1. The third-order valence-electron chi connectivity index (χ3n) is 2.15. The van der Waals surface area contributed by atoms with Gasteiger partial charge in [0.15, 0.2) is 6.10 Å². The molecule has 2 N–H and O–H groups in total. The number of halogens is 1. The number of hydrogen-bond acceptors (Lipinski definition) is 4. The second-order valence-corrected chi connectivity index (χ2v) is 5.55. The molecule has 0 saturated heterocycles. The zero-order valence-electron chi connectivity index (χ0n) is 10.1. The molecule has 0 bridgehead atoms. The zero-order valence-corrected chi connectivity index (χ0v) is 11.6. The molecule has 0 radical (unpaired) electrons. The molecule has 1 amide bonds. The summed E-state index contributed by atoms with van der Waals surface area (Å²) in [5.74, 6) is -1.13. The fourth-order valence-corrected chi connectivity index (χ4v) is 2.07.